The summed E-state index contributed by atoms with van der Waals surface area (Å²) in [6.07, 6.45) is 4.45. The molecule has 2 aliphatic rings. The molecular weight excluding hydrogens is 280 g/mol. The summed E-state index contributed by atoms with van der Waals surface area (Å²) in [4.78, 5) is 26.3. The molecule has 1 aromatic rings. The van der Waals surface area contributed by atoms with Gasteiger partial charge in [0.15, 0.2) is 0 Å². The summed E-state index contributed by atoms with van der Waals surface area (Å²) in [5.74, 6) is -0.196. The first kappa shape index (κ1) is 15.0. The number of benzene rings is 1. The molecule has 0 unspecified atom stereocenters. The summed E-state index contributed by atoms with van der Waals surface area (Å²) in [6, 6.07) is 5.48. The number of likely N-dealkylation sites (tertiary alicyclic amines) is 1. The fraction of sp³-hybridized carbons (Fsp3) is 0.529. The smallest absolute Gasteiger partial charge is 0.274 e. The van der Waals surface area contributed by atoms with Gasteiger partial charge in [-0.2, -0.15) is 0 Å². The van der Waals surface area contributed by atoms with E-state index in [2.05, 4.69) is 0 Å². The lowest BCUT2D eigenvalue weighted by molar-refractivity contribution is -0.147. The second kappa shape index (κ2) is 5.72. The zero-order chi connectivity index (χ0) is 15.7. The zero-order valence-electron chi connectivity index (χ0n) is 12.9. The van der Waals surface area contributed by atoms with Crippen molar-refractivity contribution in [1.29, 1.82) is 0 Å². The number of nitrogens with zero attached hydrogens (tertiary/aromatic N) is 1. The van der Waals surface area contributed by atoms with Crippen LogP contribution in [0.5, 0.6) is 0 Å². The van der Waals surface area contributed by atoms with Gasteiger partial charge in [0.25, 0.3) is 5.91 Å². The molecule has 1 heterocycles. The lowest BCUT2D eigenvalue weighted by Gasteiger charge is -2.44. The van der Waals surface area contributed by atoms with Gasteiger partial charge in [0, 0.05) is 18.7 Å². The summed E-state index contributed by atoms with van der Waals surface area (Å²) >= 11 is 0. The zero-order valence-corrected chi connectivity index (χ0v) is 12.9. The summed E-state index contributed by atoms with van der Waals surface area (Å²) in [6.45, 7) is 3.69. The topological polar surface area (TPSA) is 69.6 Å². The third-order valence-corrected chi connectivity index (χ3v) is 5.18. The lowest BCUT2D eigenvalue weighted by atomic mass is 9.66. The van der Waals surface area contributed by atoms with Gasteiger partial charge in [0.1, 0.15) is 0 Å². The van der Waals surface area contributed by atoms with E-state index in [-0.39, 0.29) is 5.41 Å². The van der Waals surface area contributed by atoms with Crippen molar-refractivity contribution in [2.75, 3.05) is 13.1 Å². The van der Waals surface area contributed by atoms with Gasteiger partial charge in [-0.05, 0) is 62.3 Å². The molecular formula is C17H22N2O3. The molecule has 2 amide bonds. The monoisotopic (exact) mass is 302 g/mol. The Bertz CT molecular complexity index is 614. The first-order valence-corrected chi connectivity index (χ1v) is 7.95. The molecule has 1 fully saturated rings. The first-order chi connectivity index (χ1) is 10.6. The first-order valence-electron chi connectivity index (χ1n) is 7.95. The van der Waals surface area contributed by atoms with E-state index in [1.165, 1.54) is 0 Å². The number of hydrogen-bond acceptors (Lipinski definition) is 3. The van der Waals surface area contributed by atoms with Crippen LogP contribution in [0, 0.1) is 5.41 Å². The number of amides is 2. The number of rotatable bonds is 2. The molecule has 3 rings (SSSR count). The molecule has 1 atom stereocenters. The van der Waals surface area contributed by atoms with Crippen LogP contribution in [-0.2, 0) is 17.6 Å². The number of fused-ring (bicyclic) bond motifs is 1. The van der Waals surface area contributed by atoms with Gasteiger partial charge >= 0.3 is 0 Å². The Hall–Kier alpha value is -1.88. The van der Waals surface area contributed by atoms with Crippen LogP contribution in [0.15, 0.2) is 18.2 Å². The SMILES string of the molecule is CCN1CCC[C@@]2(CCc3cc(C(=O)NO)ccc3C2)C1=O. The normalized spacial score (nSPS) is 24.3. The van der Waals surface area contributed by atoms with E-state index in [4.69, 9.17) is 5.21 Å². The van der Waals surface area contributed by atoms with Crippen molar-refractivity contribution < 1.29 is 14.8 Å². The number of hydrogen-bond donors (Lipinski definition) is 2. The third-order valence-electron chi connectivity index (χ3n) is 5.18. The fourth-order valence-electron chi connectivity index (χ4n) is 3.91. The largest absolute Gasteiger partial charge is 0.342 e. The molecule has 1 aromatic carbocycles. The van der Waals surface area contributed by atoms with E-state index in [9.17, 15) is 9.59 Å². The Kier molecular flexibility index (Phi) is 3.91. The van der Waals surface area contributed by atoms with E-state index in [0.717, 1.165) is 56.3 Å². The van der Waals surface area contributed by atoms with E-state index in [1.54, 1.807) is 11.5 Å². The Balaban J connectivity index is 1.88. The van der Waals surface area contributed by atoms with Crippen molar-refractivity contribution in [3.63, 3.8) is 0 Å². The molecule has 5 nitrogen and oxygen atoms in total. The van der Waals surface area contributed by atoms with Crippen LogP contribution >= 0.6 is 0 Å². The molecule has 0 saturated carbocycles. The van der Waals surface area contributed by atoms with Crippen LogP contribution in [-0.4, -0.2) is 35.0 Å². The van der Waals surface area contributed by atoms with Gasteiger partial charge in [-0.1, -0.05) is 6.07 Å². The lowest BCUT2D eigenvalue weighted by Crippen LogP contribution is -2.51. The Morgan fingerprint density at radius 1 is 1.36 bits per heavy atom. The summed E-state index contributed by atoms with van der Waals surface area (Å²) in [5.41, 5.74) is 4.16. The second-order valence-corrected chi connectivity index (χ2v) is 6.37. The molecule has 5 heteroatoms. The van der Waals surface area contributed by atoms with E-state index in [0.29, 0.717) is 11.5 Å². The quantitative estimate of drug-likeness (QED) is 0.648. The maximum atomic E-state index is 12.8. The van der Waals surface area contributed by atoms with E-state index >= 15 is 0 Å². The highest BCUT2D eigenvalue weighted by atomic mass is 16.5. The Morgan fingerprint density at radius 2 is 2.18 bits per heavy atom. The van der Waals surface area contributed by atoms with Crippen LogP contribution in [0.25, 0.3) is 0 Å². The molecule has 2 N–H and O–H groups in total. The van der Waals surface area contributed by atoms with E-state index < -0.39 is 5.91 Å². The number of nitrogens with one attached hydrogen (secondary N) is 1. The minimum atomic E-state index is -0.492. The van der Waals surface area contributed by atoms with Crippen molar-refractivity contribution in [3.8, 4) is 0 Å². The molecule has 22 heavy (non-hydrogen) atoms. The summed E-state index contributed by atoms with van der Waals surface area (Å²) < 4.78 is 0. The van der Waals surface area contributed by atoms with Crippen LogP contribution < -0.4 is 5.48 Å². The van der Waals surface area contributed by atoms with Crippen molar-refractivity contribution in [3.05, 3.63) is 34.9 Å². The highest BCUT2D eigenvalue weighted by Gasteiger charge is 2.45. The highest BCUT2D eigenvalue weighted by Crippen LogP contribution is 2.43. The van der Waals surface area contributed by atoms with Gasteiger partial charge in [-0.3, -0.25) is 14.8 Å². The second-order valence-electron chi connectivity index (χ2n) is 6.37. The molecule has 0 bridgehead atoms. The van der Waals surface area contributed by atoms with Gasteiger partial charge in [0.2, 0.25) is 5.91 Å². The minimum absolute atomic E-state index is 0.248. The number of carbonyl (C=O) groups excluding carboxylic acids is 2. The predicted octanol–water partition coefficient (Wildman–Crippen LogP) is 1.92. The average Bonchev–Trinajstić information content (AvgIpc) is 2.56. The molecule has 1 aliphatic heterocycles. The molecule has 1 saturated heterocycles. The van der Waals surface area contributed by atoms with Crippen molar-refractivity contribution in [2.24, 2.45) is 5.41 Å². The standard InChI is InChI=1S/C17H22N2O3/c1-2-19-9-3-7-17(16(19)21)8-6-12-10-13(15(20)18-22)4-5-14(12)11-17/h4-5,10,22H,2-3,6-9,11H2,1H3,(H,18,20)/t17-/m0/s1. The number of aryl methyl sites for hydroxylation is 1. The number of piperidine rings is 1. The maximum Gasteiger partial charge on any atom is 0.274 e. The molecule has 118 valence electrons. The van der Waals surface area contributed by atoms with E-state index in [1.807, 2.05) is 24.0 Å². The van der Waals surface area contributed by atoms with Crippen molar-refractivity contribution in [1.82, 2.24) is 10.4 Å². The van der Waals surface area contributed by atoms with Gasteiger partial charge in [-0.25, -0.2) is 5.48 Å². The predicted molar refractivity (Wildman–Crippen MR) is 81.6 cm³/mol. The molecule has 0 aromatic heterocycles. The summed E-state index contributed by atoms with van der Waals surface area (Å²) in [7, 11) is 0. The maximum absolute atomic E-state index is 12.8. The van der Waals surface area contributed by atoms with Crippen LogP contribution in [0.2, 0.25) is 0 Å². The van der Waals surface area contributed by atoms with Gasteiger partial charge < -0.3 is 4.90 Å². The van der Waals surface area contributed by atoms with Gasteiger partial charge in [-0.15, -0.1) is 0 Å². The highest BCUT2D eigenvalue weighted by molar-refractivity contribution is 5.93. The minimum Gasteiger partial charge on any atom is -0.342 e. The van der Waals surface area contributed by atoms with Crippen LogP contribution in [0.4, 0.5) is 0 Å². The molecule has 1 spiro atoms. The average molecular weight is 302 g/mol. The van der Waals surface area contributed by atoms with Gasteiger partial charge in [0.05, 0.1) is 5.41 Å². The summed E-state index contributed by atoms with van der Waals surface area (Å²) in [5, 5.41) is 8.73. The number of hydroxylamine groups is 1. The van der Waals surface area contributed by atoms with Crippen LogP contribution in [0.1, 0.15) is 47.7 Å². The fourth-order valence-corrected chi connectivity index (χ4v) is 3.91. The molecule has 0 radical (unpaired) electrons. The Morgan fingerprint density at radius 3 is 2.91 bits per heavy atom. The number of carbonyl (C=O) groups is 2. The van der Waals surface area contributed by atoms with Crippen molar-refractivity contribution >= 4 is 11.8 Å². The third kappa shape index (κ3) is 2.39. The Labute approximate surface area is 130 Å². The van der Waals surface area contributed by atoms with Crippen molar-refractivity contribution in [2.45, 2.75) is 39.0 Å². The molecule has 1 aliphatic carbocycles. The van der Waals surface area contributed by atoms with Crippen LogP contribution in [0.3, 0.4) is 0 Å².